The molecule has 37 heavy (non-hydrogen) atoms. The third-order valence-corrected chi connectivity index (χ3v) is 6.77. The Bertz CT molecular complexity index is 1360. The van der Waals surface area contributed by atoms with Gasteiger partial charge in [0, 0.05) is 45.8 Å². The molecule has 2 heterocycles. The zero-order valence-corrected chi connectivity index (χ0v) is 21.9. The van der Waals surface area contributed by atoms with Gasteiger partial charge in [0.1, 0.15) is 5.82 Å². The maximum atomic E-state index is 5.17. The number of allylic oxidation sites excluding steroid dienone is 1. The van der Waals surface area contributed by atoms with E-state index < -0.39 is 0 Å². The van der Waals surface area contributed by atoms with Crippen molar-refractivity contribution in [2.75, 3.05) is 43.0 Å². The van der Waals surface area contributed by atoms with E-state index in [1.54, 1.807) is 0 Å². The molecule has 5 rings (SSSR count). The molecule has 4 aromatic rings. The van der Waals surface area contributed by atoms with Gasteiger partial charge in [0.2, 0.25) is 0 Å². The monoisotopic (exact) mass is 487 g/mol. The summed E-state index contributed by atoms with van der Waals surface area (Å²) in [4.78, 5) is 8.90. The highest BCUT2D eigenvalue weighted by molar-refractivity contribution is 6.06. The maximum absolute atomic E-state index is 5.17. The molecule has 2 atom stereocenters. The molecule has 0 N–H and O–H groups in total. The Balaban J connectivity index is 1.59. The number of aromatic nitrogens is 1. The molecule has 3 aromatic carbocycles. The van der Waals surface area contributed by atoms with Crippen molar-refractivity contribution in [1.82, 2.24) is 4.98 Å². The van der Waals surface area contributed by atoms with Gasteiger partial charge in [-0.3, -0.25) is 0 Å². The summed E-state index contributed by atoms with van der Waals surface area (Å²) in [6, 6.07) is 34.0. The van der Waals surface area contributed by atoms with Crippen LogP contribution in [0.4, 0.5) is 17.2 Å². The Morgan fingerprint density at radius 3 is 1.86 bits per heavy atom. The van der Waals surface area contributed by atoms with Crippen LogP contribution < -0.4 is 14.8 Å². The van der Waals surface area contributed by atoms with Crippen LogP contribution in [0.2, 0.25) is 0 Å². The topological polar surface area (TPSA) is 35.0 Å². The van der Waals surface area contributed by atoms with Crippen LogP contribution in [0.1, 0.15) is 28.7 Å². The number of nitrogens with zero attached hydrogens (tertiary/aromatic N) is 5. The summed E-state index contributed by atoms with van der Waals surface area (Å²) in [5.41, 5.74) is 6.93. The van der Waals surface area contributed by atoms with Gasteiger partial charge in [-0.25, -0.2) is 9.99 Å². The van der Waals surface area contributed by atoms with Crippen LogP contribution >= 0.6 is 0 Å². The molecule has 5 heteroatoms. The van der Waals surface area contributed by atoms with E-state index in [-0.39, 0.29) is 12.0 Å². The lowest BCUT2D eigenvalue weighted by Gasteiger charge is -2.28. The first-order valence-corrected chi connectivity index (χ1v) is 12.6. The molecular weight excluding hydrogens is 454 g/mol. The van der Waals surface area contributed by atoms with E-state index in [0.29, 0.717) is 0 Å². The van der Waals surface area contributed by atoms with Gasteiger partial charge < -0.3 is 9.80 Å². The van der Waals surface area contributed by atoms with Crippen molar-refractivity contribution < 1.29 is 0 Å². The number of pyridine rings is 1. The van der Waals surface area contributed by atoms with Gasteiger partial charge in [0.15, 0.2) is 0 Å². The molecule has 0 spiro atoms. The largest absolute Gasteiger partial charge is 0.378 e. The van der Waals surface area contributed by atoms with Gasteiger partial charge in [0.05, 0.1) is 17.7 Å². The van der Waals surface area contributed by atoms with Crippen molar-refractivity contribution >= 4 is 29.0 Å². The summed E-state index contributed by atoms with van der Waals surface area (Å²) in [6.45, 7) is 0. The van der Waals surface area contributed by atoms with Crippen molar-refractivity contribution in [2.45, 2.75) is 12.0 Å². The summed E-state index contributed by atoms with van der Waals surface area (Å²) < 4.78 is 0. The molecule has 5 nitrogen and oxygen atoms in total. The third-order valence-electron chi connectivity index (χ3n) is 6.77. The predicted octanol–water partition coefficient (Wildman–Crippen LogP) is 6.63. The number of benzene rings is 3. The van der Waals surface area contributed by atoms with Crippen LogP contribution in [0.15, 0.2) is 114 Å². The Morgan fingerprint density at radius 1 is 0.649 bits per heavy atom. The van der Waals surface area contributed by atoms with E-state index in [2.05, 4.69) is 139 Å². The van der Waals surface area contributed by atoms with Gasteiger partial charge in [-0.1, -0.05) is 66.7 Å². The van der Waals surface area contributed by atoms with Gasteiger partial charge in [-0.05, 0) is 59.2 Å². The van der Waals surface area contributed by atoms with E-state index in [1.165, 1.54) is 22.5 Å². The molecular formula is C32H33N5. The second-order valence-corrected chi connectivity index (χ2v) is 9.70. The molecule has 0 saturated carbocycles. The fourth-order valence-corrected chi connectivity index (χ4v) is 4.75. The molecule has 2 unspecified atom stereocenters. The Hall–Kier alpha value is -4.38. The fraction of sp³-hybridized carbons (Fsp3) is 0.188. The SMILES string of the molecule is CN(C)c1ccc(C=CC2=NN(c3ccccn3)C(c3ccc(N(C)C)cc3)C2c2ccccc2)cc1. The van der Waals surface area contributed by atoms with Crippen molar-refractivity contribution in [3.8, 4) is 0 Å². The highest BCUT2D eigenvalue weighted by Gasteiger charge is 2.39. The minimum atomic E-state index is -0.0238. The summed E-state index contributed by atoms with van der Waals surface area (Å²) >= 11 is 0. The lowest BCUT2D eigenvalue weighted by molar-refractivity contribution is 0.641. The highest BCUT2D eigenvalue weighted by Crippen LogP contribution is 2.44. The smallest absolute Gasteiger partial charge is 0.149 e. The molecule has 0 fully saturated rings. The van der Waals surface area contributed by atoms with Crippen molar-refractivity contribution in [1.29, 1.82) is 0 Å². The quantitative estimate of drug-likeness (QED) is 0.293. The van der Waals surface area contributed by atoms with Gasteiger partial charge in [-0.2, -0.15) is 5.10 Å². The third kappa shape index (κ3) is 5.26. The first-order chi connectivity index (χ1) is 18.0. The van der Waals surface area contributed by atoms with Crippen LogP contribution in [0.5, 0.6) is 0 Å². The van der Waals surface area contributed by atoms with E-state index in [4.69, 9.17) is 5.10 Å². The zero-order valence-electron chi connectivity index (χ0n) is 21.9. The van der Waals surface area contributed by atoms with Crippen molar-refractivity contribution in [2.24, 2.45) is 5.10 Å². The van der Waals surface area contributed by atoms with Crippen LogP contribution in [0.3, 0.4) is 0 Å². The van der Waals surface area contributed by atoms with E-state index in [9.17, 15) is 0 Å². The lowest BCUT2D eigenvalue weighted by Crippen LogP contribution is -2.25. The minimum Gasteiger partial charge on any atom is -0.378 e. The summed E-state index contributed by atoms with van der Waals surface area (Å²) in [6.07, 6.45) is 6.14. The maximum Gasteiger partial charge on any atom is 0.149 e. The standard InChI is InChI=1S/C32H33N5/c1-35(2)27-18-13-24(14-19-27)15-22-29-31(25-10-6-5-7-11-25)32(26-16-20-28(21-17-26)36(3)4)37(34-29)30-12-8-9-23-33-30/h5-23,31-32H,1-4H3. The Morgan fingerprint density at radius 2 is 1.27 bits per heavy atom. The first kappa shape index (κ1) is 24.3. The van der Waals surface area contributed by atoms with Gasteiger partial charge in [0.25, 0.3) is 0 Å². The van der Waals surface area contributed by atoms with E-state index >= 15 is 0 Å². The average Bonchev–Trinajstić information content (AvgIpc) is 3.32. The lowest BCUT2D eigenvalue weighted by atomic mass is 9.84. The normalized spacial score (nSPS) is 17.2. The summed E-state index contributed by atoms with van der Waals surface area (Å²) in [7, 11) is 8.24. The van der Waals surface area contributed by atoms with Crippen molar-refractivity contribution in [3.05, 3.63) is 126 Å². The Kier molecular flexibility index (Phi) is 7.04. The van der Waals surface area contributed by atoms with Crippen LogP contribution in [-0.2, 0) is 0 Å². The van der Waals surface area contributed by atoms with Crippen LogP contribution in [0.25, 0.3) is 6.08 Å². The minimum absolute atomic E-state index is 0.0238. The molecule has 0 amide bonds. The van der Waals surface area contributed by atoms with Crippen LogP contribution in [0, 0.1) is 0 Å². The molecule has 0 bridgehead atoms. The Labute approximate surface area is 220 Å². The van der Waals surface area contributed by atoms with Crippen LogP contribution in [-0.4, -0.2) is 38.9 Å². The molecule has 1 aromatic heterocycles. The molecule has 0 saturated heterocycles. The zero-order chi connectivity index (χ0) is 25.8. The number of hydrogen-bond donors (Lipinski definition) is 0. The number of hydrogen-bond acceptors (Lipinski definition) is 5. The predicted molar refractivity (Wildman–Crippen MR) is 157 cm³/mol. The van der Waals surface area contributed by atoms with Gasteiger partial charge >= 0.3 is 0 Å². The highest BCUT2D eigenvalue weighted by atomic mass is 15.5. The van der Waals surface area contributed by atoms with Gasteiger partial charge in [-0.15, -0.1) is 0 Å². The van der Waals surface area contributed by atoms with Crippen molar-refractivity contribution in [3.63, 3.8) is 0 Å². The van der Waals surface area contributed by atoms with E-state index in [0.717, 1.165) is 17.1 Å². The second kappa shape index (κ2) is 10.7. The molecule has 0 aliphatic carbocycles. The first-order valence-electron chi connectivity index (χ1n) is 12.6. The fourth-order valence-electron chi connectivity index (χ4n) is 4.75. The second-order valence-electron chi connectivity index (χ2n) is 9.70. The molecule has 186 valence electrons. The number of hydrazone groups is 1. The summed E-state index contributed by atoms with van der Waals surface area (Å²) in [5.74, 6) is 0.884. The molecule has 0 radical (unpaired) electrons. The number of rotatable bonds is 7. The summed E-state index contributed by atoms with van der Waals surface area (Å²) in [5, 5.41) is 7.25. The molecule has 1 aliphatic heterocycles. The average molecular weight is 488 g/mol. The van der Waals surface area contributed by atoms with E-state index in [1.807, 2.05) is 24.4 Å². The number of anilines is 3. The molecule has 1 aliphatic rings.